The second-order valence-electron chi connectivity index (χ2n) is 6.15. The molecule has 1 aliphatic carbocycles. The zero-order chi connectivity index (χ0) is 15.6. The average Bonchev–Trinajstić information content (AvgIpc) is 2.87. The number of pyridine rings is 1. The summed E-state index contributed by atoms with van der Waals surface area (Å²) >= 11 is 0. The summed E-state index contributed by atoms with van der Waals surface area (Å²) < 4.78 is 11.8. The van der Waals surface area contributed by atoms with Crippen LogP contribution in [-0.2, 0) is 9.53 Å². The van der Waals surface area contributed by atoms with Gasteiger partial charge in [0.2, 0.25) is 11.8 Å². The Morgan fingerprint density at radius 3 is 3.05 bits per heavy atom. The number of methoxy groups -OCH3 is 1. The summed E-state index contributed by atoms with van der Waals surface area (Å²) in [5, 5.41) is 0. The molecule has 0 spiro atoms. The molecule has 120 valence electrons. The van der Waals surface area contributed by atoms with Crippen molar-refractivity contribution in [1.82, 2.24) is 9.88 Å². The number of carbonyl (C=O) groups is 1. The zero-order valence-electron chi connectivity index (χ0n) is 12.9. The van der Waals surface area contributed by atoms with Crippen LogP contribution in [0, 0.1) is 0 Å². The van der Waals surface area contributed by atoms with Crippen LogP contribution in [0.4, 0.5) is 0 Å². The molecule has 2 N–H and O–H groups in total. The smallest absolute Gasteiger partial charge is 0.231 e. The van der Waals surface area contributed by atoms with E-state index in [9.17, 15) is 4.79 Å². The molecule has 1 saturated carbocycles. The maximum absolute atomic E-state index is 11.3. The van der Waals surface area contributed by atoms with Gasteiger partial charge < -0.3 is 15.2 Å². The molecule has 3 rings (SSSR count). The second kappa shape index (κ2) is 6.22. The zero-order valence-corrected chi connectivity index (χ0v) is 12.9. The first-order valence-electron chi connectivity index (χ1n) is 7.78. The van der Waals surface area contributed by atoms with E-state index in [2.05, 4.69) is 9.88 Å². The Morgan fingerprint density at radius 1 is 1.50 bits per heavy atom. The monoisotopic (exact) mass is 305 g/mol. The normalized spacial score (nSPS) is 31.7. The number of rotatable bonds is 5. The molecule has 6 heteroatoms. The lowest BCUT2D eigenvalue weighted by atomic mass is 9.79. The third kappa shape index (κ3) is 2.94. The topological polar surface area (TPSA) is 77.7 Å². The Hall–Kier alpha value is -1.66. The molecule has 22 heavy (non-hydrogen) atoms. The van der Waals surface area contributed by atoms with E-state index in [0.29, 0.717) is 5.88 Å². The lowest BCUT2D eigenvalue weighted by molar-refractivity contribution is -0.121. The number of hydrogen-bond donors (Lipinski definition) is 1. The number of ether oxygens (including phenoxy) is 2. The van der Waals surface area contributed by atoms with Crippen molar-refractivity contribution in [2.24, 2.45) is 5.73 Å². The Bertz CT molecular complexity index is 525. The van der Waals surface area contributed by atoms with Gasteiger partial charge in [0, 0.05) is 38.4 Å². The van der Waals surface area contributed by atoms with Gasteiger partial charge >= 0.3 is 0 Å². The van der Waals surface area contributed by atoms with Gasteiger partial charge in [0.25, 0.3) is 0 Å². The molecule has 6 nitrogen and oxygen atoms in total. The Balaban J connectivity index is 1.71. The lowest BCUT2D eigenvalue weighted by Crippen LogP contribution is -2.53. The summed E-state index contributed by atoms with van der Waals surface area (Å²) in [6.07, 6.45) is 5.46. The number of primary amides is 1. The van der Waals surface area contributed by atoms with Gasteiger partial charge in [-0.05, 0) is 25.3 Å². The molecule has 1 aliphatic heterocycles. The Kier molecular flexibility index (Phi) is 4.31. The molecule has 1 aromatic heterocycles. The van der Waals surface area contributed by atoms with Gasteiger partial charge in [-0.2, -0.15) is 0 Å². The molecule has 0 radical (unpaired) electrons. The fourth-order valence-electron chi connectivity index (χ4n) is 3.84. The van der Waals surface area contributed by atoms with Crippen LogP contribution in [0.1, 0.15) is 25.7 Å². The van der Waals surface area contributed by atoms with Gasteiger partial charge in [-0.25, -0.2) is 4.98 Å². The van der Waals surface area contributed by atoms with Crippen molar-refractivity contribution in [3.05, 3.63) is 24.4 Å². The minimum Gasteiger partial charge on any atom is -0.474 e. The van der Waals surface area contributed by atoms with E-state index in [0.717, 1.165) is 32.2 Å². The van der Waals surface area contributed by atoms with Crippen LogP contribution in [0.15, 0.2) is 24.4 Å². The molecule has 0 aromatic carbocycles. The second-order valence-corrected chi connectivity index (χ2v) is 6.15. The van der Waals surface area contributed by atoms with Crippen LogP contribution in [0.2, 0.25) is 0 Å². The van der Waals surface area contributed by atoms with Gasteiger partial charge in [-0.15, -0.1) is 0 Å². The third-order valence-corrected chi connectivity index (χ3v) is 4.94. The van der Waals surface area contributed by atoms with E-state index in [4.69, 9.17) is 15.2 Å². The highest BCUT2D eigenvalue weighted by atomic mass is 16.5. The summed E-state index contributed by atoms with van der Waals surface area (Å²) in [4.78, 5) is 17.7. The standard InChI is InChI=1S/C16H23N3O3/c1-21-16-6-5-12(22-15-4-2-3-8-18-15)10-13(16)19(9-7-16)11-14(17)20/h2-4,8,12-13H,5-7,9-11H2,1H3,(H2,17,20)/t12-,13+,16-/m1/s1. The predicted molar refractivity (Wildman–Crippen MR) is 81.4 cm³/mol. The van der Waals surface area contributed by atoms with Crippen molar-refractivity contribution in [2.45, 2.75) is 43.4 Å². The van der Waals surface area contributed by atoms with Crippen LogP contribution in [0.5, 0.6) is 5.88 Å². The van der Waals surface area contributed by atoms with Crippen molar-refractivity contribution in [2.75, 3.05) is 20.2 Å². The number of aromatic nitrogens is 1. The first-order valence-corrected chi connectivity index (χ1v) is 7.78. The van der Waals surface area contributed by atoms with Crippen molar-refractivity contribution >= 4 is 5.91 Å². The first-order chi connectivity index (χ1) is 10.6. The van der Waals surface area contributed by atoms with E-state index in [-0.39, 0.29) is 30.2 Å². The van der Waals surface area contributed by atoms with Gasteiger partial charge in [0.1, 0.15) is 6.10 Å². The molecule has 0 unspecified atom stereocenters. The molecular weight excluding hydrogens is 282 g/mol. The number of hydrogen-bond acceptors (Lipinski definition) is 5. The van der Waals surface area contributed by atoms with Gasteiger partial charge in [0.05, 0.1) is 12.1 Å². The van der Waals surface area contributed by atoms with E-state index in [1.54, 1.807) is 13.3 Å². The van der Waals surface area contributed by atoms with Crippen LogP contribution < -0.4 is 10.5 Å². The quantitative estimate of drug-likeness (QED) is 0.876. The molecule has 3 atom stereocenters. The van der Waals surface area contributed by atoms with Crippen molar-refractivity contribution in [3.63, 3.8) is 0 Å². The third-order valence-electron chi connectivity index (χ3n) is 4.94. The molecule has 0 bridgehead atoms. The van der Waals surface area contributed by atoms with E-state index in [1.807, 2.05) is 18.2 Å². The molecule has 2 aliphatic rings. The fraction of sp³-hybridized carbons (Fsp3) is 0.625. The minimum absolute atomic E-state index is 0.0941. The molecular formula is C16H23N3O3. The van der Waals surface area contributed by atoms with Crippen molar-refractivity contribution in [1.29, 1.82) is 0 Å². The highest BCUT2D eigenvalue weighted by Crippen LogP contribution is 2.42. The number of amides is 1. The number of likely N-dealkylation sites (tertiary alicyclic amines) is 1. The largest absolute Gasteiger partial charge is 0.474 e. The summed E-state index contributed by atoms with van der Waals surface area (Å²) in [6.45, 7) is 1.13. The maximum Gasteiger partial charge on any atom is 0.231 e. The lowest BCUT2D eigenvalue weighted by Gasteiger charge is -2.43. The summed E-state index contributed by atoms with van der Waals surface area (Å²) in [5.74, 6) is 0.358. The molecule has 1 saturated heterocycles. The van der Waals surface area contributed by atoms with Crippen LogP contribution in [0.25, 0.3) is 0 Å². The number of fused-ring (bicyclic) bond motifs is 1. The van der Waals surface area contributed by atoms with Gasteiger partial charge in [0.15, 0.2) is 0 Å². The van der Waals surface area contributed by atoms with E-state index < -0.39 is 0 Å². The van der Waals surface area contributed by atoms with Crippen molar-refractivity contribution in [3.8, 4) is 5.88 Å². The summed E-state index contributed by atoms with van der Waals surface area (Å²) in [5.41, 5.74) is 5.21. The first kappa shape index (κ1) is 15.2. The number of nitrogens with two attached hydrogens (primary N) is 1. The highest BCUT2D eigenvalue weighted by Gasteiger charge is 2.51. The number of nitrogens with zero attached hydrogens (tertiary/aromatic N) is 2. The molecule has 1 amide bonds. The minimum atomic E-state index is -0.292. The summed E-state index contributed by atoms with van der Waals surface area (Å²) in [6, 6.07) is 5.83. The SMILES string of the molecule is CO[C@@]12CC[C@@H](Oc3ccccn3)C[C@@H]1N(CC(N)=O)CC2. The van der Waals surface area contributed by atoms with Gasteiger partial charge in [-0.1, -0.05) is 6.07 Å². The summed E-state index contributed by atoms with van der Waals surface area (Å²) in [7, 11) is 1.76. The van der Waals surface area contributed by atoms with Crippen LogP contribution in [-0.4, -0.2) is 53.7 Å². The van der Waals surface area contributed by atoms with Crippen molar-refractivity contribution < 1.29 is 14.3 Å². The average molecular weight is 305 g/mol. The number of carbonyl (C=O) groups excluding carboxylic acids is 1. The van der Waals surface area contributed by atoms with Crippen LogP contribution in [0.3, 0.4) is 0 Å². The molecule has 2 fully saturated rings. The Labute approximate surface area is 130 Å². The highest BCUT2D eigenvalue weighted by molar-refractivity contribution is 5.76. The molecule has 2 heterocycles. The van der Waals surface area contributed by atoms with Crippen LogP contribution >= 0.6 is 0 Å². The maximum atomic E-state index is 11.3. The van der Waals surface area contributed by atoms with Gasteiger partial charge in [-0.3, -0.25) is 9.69 Å². The Morgan fingerprint density at radius 2 is 2.36 bits per heavy atom. The predicted octanol–water partition coefficient (Wildman–Crippen LogP) is 0.958. The molecule has 1 aromatic rings. The van der Waals surface area contributed by atoms with E-state index >= 15 is 0 Å². The fourth-order valence-corrected chi connectivity index (χ4v) is 3.84. The van der Waals surface area contributed by atoms with E-state index in [1.165, 1.54) is 0 Å².